The molecule has 0 aromatic heterocycles. The molecule has 0 bridgehead atoms. The van der Waals surface area contributed by atoms with E-state index in [4.69, 9.17) is 17.3 Å². The van der Waals surface area contributed by atoms with Crippen molar-refractivity contribution >= 4 is 40.6 Å². The summed E-state index contributed by atoms with van der Waals surface area (Å²) in [6, 6.07) is 5.57. The number of carbonyl (C=O) groups is 1. The average Bonchev–Trinajstić information content (AvgIpc) is 2.86. The fraction of sp³-hybridized carbons (Fsp3) is 0.462. The minimum atomic E-state index is -0.0478. The number of nitrogen functional groups attached to an aromatic ring is 1. The van der Waals surface area contributed by atoms with E-state index < -0.39 is 0 Å². The molecule has 104 valence electrons. The van der Waals surface area contributed by atoms with Gasteiger partial charge in [-0.2, -0.15) is 11.8 Å². The molecule has 1 fully saturated rings. The molecular formula is C13H18ClN3OS. The minimum absolute atomic E-state index is 0.0478. The highest BCUT2D eigenvalue weighted by atomic mass is 35.5. The van der Waals surface area contributed by atoms with Crippen molar-refractivity contribution in [1.82, 2.24) is 4.90 Å². The summed E-state index contributed by atoms with van der Waals surface area (Å²) in [6.07, 6.45) is 1.15. The van der Waals surface area contributed by atoms with Gasteiger partial charge in [0.05, 0.1) is 17.9 Å². The van der Waals surface area contributed by atoms with E-state index in [0.717, 1.165) is 12.2 Å². The van der Waals surface area contributed by atoms with E-state index in [9.17, 15) is 4.79 Å². The van der Waals surface area contributed by atoms with Crippen molar-refractivity contribution in [3.05, 3.63) is 23.2 Å². The fourth-order valence-corrected chi connectivity index (χ4v) is 3.54. The van der Waals surface area contributed by atoms with E-state index >= 15 is 0 Å². The normalized spacial score (nSPS) is 18.8. The molecule has 0 spiro atoms. The predicted molar refractivity (Wildman–Crippen MR) is 82.9 cm³/mol. The van der Waals surface area contributed by atoms with Crippen molar-refractivity contribution in [2.45, 2.75) is 12.5 Å². The summed E-state index contributed by atoms with van der Waals surface area (Å²) >= 11 is 7.76. The number of nitrogens with one attached hydrogen (secondary N) is 1. The Hall–Kier alpha value is -0.910. The van der Waals surface area contributed by atoms with Crippen molar-refractivity contribution in [1.29, 1.82) is 0 Å². The number of nitrogens with two attached hydrogens (primary N) is 1. The molecule has 2 rings (SSSR count). The second-order valence-corrected chi connectivity index (χ2v) is 6.30. The van der Waals surface area contributed by atoms with Crippen LogP contribution in [0.15, 0.2) is 18.2 Å². The molecule has 1 amide bonds. The van der Waals surface area contributed by atoms with Crippen LogP contribution in [0.25, 0.3) is 0 Å². The molecule has 1 aromatic carbocycles. The molecule has 19 heavy (non-hydrogen) atoms. The summed E-state index contributed by atoms with van der Waals surface area (Å²) in [7, 11) is 1.99. The first kappa shape index (κ1) is 14.5. The molecule has 1 saturated heterocycles. The van der Waals surface area contributed by atoms with Crippen LogP contribution in [0.5, 0.6) is 0 Å². The third-order valence-corrected chi connectivity index (χ3v) is 4.59. The Kier molecular flexibility index (Phi) is 4.96. The standard InChI is InChI=1S/C13H18ClN3OS/c1-17(10-4-5-19-8-10)7-13(18)16-12-3-2-9(14)6-11(12)15/h2-3,6,10H,4-5,7-8,15H2,1H3,(H,16,18). The maximum Gasteiger partial charge on any atom is 0.238 e. The van der Waals surface area contributed by atoms with Crippen molar-refractivity contribution in [2.24, 2.45) is 0 Å². The number of hydrogen-bond donors (Lipinski definition) is 2. The quantitative estimate of drug-likeness (QED) is 0.838. The summed E-state index contributed by atoms with van der Waals surface area (Å²) in [6.45, 7) is 0.382. The van der Waals surface area contributed by atoms with E-state index in [1.54, 1.807) is 18.2 Å². The summed E-state index contributed by atoms with van der Waals surface area (Å²) in [5.74, 6) is 2.24. The molecule has 1 unspecified atom stereocenters. The Morgan fingerprint density at radius 1 is 1.63 bits per heavy atom. The first-order chi connectivity index (χ1) is 9.06. The van der Waals surface area contributed by atoms with E-state index in [2.05, 4.69) is 10.2 Å². The van der Waals surface area contributed by atoms with Gasteiger partial charge in [0.25, 0.3) is 0 Å². The van der Waals surface area contributed by atoms with Gasteiger partial charge in [-0.3, -0.25) is 9.69 Å². The Balaban J connectivity index is 1.89. The van der Waals surface area contributed by atoms with Crippen LogP contribution in [0.1, 0.15) is 6.42 Å². The predicted octanol–water partition coefficient (Wildman–Crippen LogP) is 2.30. The molecule has 3 N–H and O–H groups in total. The molecule has 0 aliphatic carbocycles. The summed E-state index contributed by atoms with van der Waals surface area (Å²) in [5.41, 5.74) is 6.91. The van der Waals surface area contributed by atoms with Gasteiger partial charge in [0.1, 0.15) is 0 Å². The lowest BCUT2D eigenvalue weighted by Gasteiger charge is -2.22. The molecule has 4 nitrogen and oxygen atoms in total. The molecule has 1 aliphatic heterocycles. The lowest BCUT2D eigenvalue weighted by molar-refractivity contribution is -0.117. The van der Waals surface area contributed by atoms with Crippen LogP contribution in [0.2, 0.25) is 5.02 Å². The number of halogens is 1. The first-order valence-corrected chi connectivity index (χ1v) is 7.72. The van der Waals surface area contributed by atoms with E-state index in [1.807, 2.05) is 18.8 Å². The summed E-state index contributed by atoms with van der Waals surface area (Å²) in [4.78, 5) is 14.1. The fourth-order valence-electron chi connectivity index (χ4n) is 2.06. The highest BCUT2D eigenvalue weighted by Crippen LogP contribution is 2.23. The number of anilines is 2. The van der Waals surface area contributed by atoms with E-state index in [0.29, 0.717) is 29.0 Å². The molecule has 1 heterocycles. The van der Waals surface area contributed by atoms with Crippen LogP contribution < -0.4 is 11.1 Å². The number of nitrogens with zero attached hydrogens (tertiary/aromatic N) is 1. The Morgan fingerprint density at radius 2 is 2.42 bits per heavy atom. The molecule has 1 aliphatic rings. The number of hydrogen-bond acceptors (Lipinski definition) is 4. The van der Waals surface area contributed by atoms with Crippen LogP contribution in [0.3, 0.4) is 0 Å². The van der Waals surface area contributed by atoms with Crippen molar-refractivity contribution in [2.75, 3.05) is 36.1 Å². The lowest BCUT2D eigenvalue weighted by Crippen LogP contribution is -2.38. The zero-order valence-corrected chi connectivity index (χ0v) is 12.4. The number of likely N-dealkylation sites (N-methyl/N-ethyl adjacent to an activating group) is 1. The van der Waals surface area contributed by atoms with Gasteiger partial charge in [0.2, 0.25) is 5.91 Å². The van der Waals surface area contributed by atoms with Crippen LogP contribution >= 0.6 is 23.4 Å². The Morgan fingerprint density at radius 3 is 3.05 bits per heavy atom. The zero-order chi connectivity index (χ0) is 13.8. The van der Waals surface area contributed by atoms with Gasteiger partial charge in [-0.05, 0) is 37.4 Å². The highest BCUT2D eigenvalue weighted by Gasteiger charge is 2.21. The van der Waals surface area contributed by atoms with Crippen molar-refractivity contribution in [3.63, 3.8) is 0 Å². The topological polar surface area (TPSA) is 58.4 Å². The monoisotopic (exact) mass is 299 g/mol. The van der Waals surface area contributed by atoms with Gasteiger partial charge >= 0.3 is 0 Å². The molecule has 1 atom stereocenters. The largest absolute Gasteiger partial charge is 0.397 e. The molecule has 6 heteroatoms. The van der Waals surface area contributed by atoms with E-state index in [1.165, 1.54) is 5.75 Å². The SMILES string of the molecule is CN(CC(=O)Nc1ccc(Cl)cc1N)C1CCSC1. The van der Waals surface area contributed by atoms with Gasteiger partial charge < -0.3 is 11.1 Å². The third kappa shape index (κ3) is 4.03. The maximum atomic E-state index is 12.0. The van der Waals surface area contributed by atoms with Gasteiger partial charge in [0, 0.05) is 16.8 Å². The molecule has 0 radical (unpaired) electrons. The van der Waals surface area contributed by atoms with E-state index in [-0.39, 0.29) is 5.91 Å². The van der Waals surface area contributed by atoms with Crippen LogP contribution in [0.4, 0.5) is 11.4 Å². The first-order valence-electron chi connectivity index (χ1n) is 6.19. The Bertz CT molecular complexity index is 463. The maximum absolute atomic E-state index is 12.0. The summed E-state index contributed by atoms with van der Waals surface area (Å²) < 4.78 is 0. The molecular weight excluding hydrogens is 282 g/mol. The Labute approximate surface area is 122 Å². The van der Waals surface area contributed by atoms with Gasteiger partial charge in [-0.15, -0.1) is 0 Å². The van der Waals surface area contributed by atoms with Crippen LogP contribution in [-0.2, 0) is 4.79 Å². The number of rotatable bonds is 4. The lowest BCUT2D eigenvalue weighted by atomic mass is 10.2. The average molecular weight is 300 g/mol. The highest BCUT2D eigenvalue weighted by molar-refractivity contribution is 7.99. The smallest absolute Gasteiger partial charge is 0.238 e. The van der Waals surface area contributed by atoms with Gasteiger partial charge in [-0.25, -0.2) is 0 Å². The van der Waals surface area contributed by atoms with Crippen LogP contribution in [0, 0.1) is 0 Å². The molecule has 1 aromatic rings. The number of carbonyl (C=O) groups excluding carboxylic acids is 1. The second-order valence-electron chi connectivity index (χ2n) is 4.71. The number of benzene rings is 1. The molecule has 0 saturated carbocycles. The minimum Gasteiger partial charge on any atom is -0.397 e. The van der Waals surface area contributed by atoms with Crippen LogP contribution in [-0.4, -0.2) is 41.9 Å². The second kappa shape index (κ2) is 6.50. The summed E-state index contributed by atoms with van der Waals surface area (Å²) in [5, 5.41) is 3.39. The zero-order valence-electron chi connectivity index (χ0n) is 10.9. The number of thioether (sulfide) groups is 1. The number of amides is 1. The third-order valence-electron chi connectivity index (χ3n) is 3.21. The van der Waals surface area contributed by atoms with Crippen molar-refractivity contribution < 1.29 is 4.79 Å². The van der Waals surface area contributed by atoms with Gasteiger partial charge in [-0.1, -0.05) is 11.6 Å². The van der Waals surface area contributed by atoms with Gasteiger partial charge in [0.15, 0.2) is 0 Å². The van der Waals surface area contributed by atoms with Crippen molar-refractivity contribution in [3.8, 4) is 0 Å².